The molecule has 1 amide bonds. The van der Waals surface area contributed by atoms with Gasteiger partial charge in [0.15, 0.2) is 5.69 Å². The van der Waals surface area contributed by atoms with Crippen LogP contribution in [0.25, 0.3) is 0 Å². The monoisotopic (exact) mass is 561 g/mol. The molecule has 1 aliphatic heterocycles. The van der Waals surface area contributed by atoms with Gasteiger partial charge in [-0.05, 0) is 24.5 Å². The van der Waals surface area contributed by atoms with E-state index in [9.17, 15) is 31.1 Å². The lowest BCUT2D eigenvalue weighted by molar-refractivity contribution is -0.141. The zero-order valence-electron chi connectivity index (χ0n) is 19.7. The van der Waals surface area contributed by atoms with Gasteiger partial charge in [-0.1, -0.05) is 0 Å². The zero-order valence-corrected chi connectivity index (χ0v) is 20.5. The maximum Gasteiger partial charge on any atom is 0.434 e. The summed E-state index contributed by atoms with van der Waals surface area (Å²) < 4.78 is 87.2. The summed E-state index contributed by atoms with van der Waals surface area (Å²) in [5.74, 6) is -0.469. The van der Waals surface area contributed by atoms with E-state index in [1.165, 1.54) is 23.2 Å². The second-order valence-electron chi connectivity index (χ2n) is 8.33. The Morgan fingerprint density at radius 3 is 2.61 bits per heavy atom. The van der Waals surface area contributed by atoms with Gasteiger partial charge in [-0.2, -0.15) is 17.5 Å². The van der Waals surface area contributed by atoms with Gasteiger partial charge < -0.3 is 15.4 Å². The van der Waals surface area contributed by atoms with Gasteiger partial charge in [-0.15, -0.1) is 0 Å². The van der Waals surface area contributed by atoms with Gasteiger partial charge in [0.25, 0.3) is 12.3 Å². The summed E-state index contributed by atoms with van der Waals surface area (Å²) in [5, 5.41) is 5.63. The number of rotatable bonds is 8. The van der Waals surface area contributed by atoms with Crippen LogP contribution in [0.4, 0.5) is 42.8 Å². The Kier molecular flexibility index (Phi) is 8.30. The molecule has 0 aliphatic carbocycles. The number of hydrogen-bond acceptors (Lipinski definition) is 9. The van der Waals surface area contributed by atoms with E-state index < -0.39 is 43.0 Å². The molecule has 38 heavy (non-hydrogen) atoms. The van der Waals surface area contributed by atoms with Crippen LogP contribution in [0, 0.1) is 6.92 Å². The average Bonchev–Trinajstić information content (AvgIpc) is 3.21. The minimum Gasteiger partial charge on any atom is -0.471 e. The largest absolute Gasteiger partial charge is 0.471 e. The van der Waals surface area contributed by atoms with Crippen molar-refractivity contribution in [3.63, 3.8) is 0 Å². The molecule has 3 aromatic heterocycles. The van der Waals surface area contributed by atoms with Crippen LogP contribution in [-0.2, 0) is 6.18 Å². The van der Waals surface area contributed by atoms with Crippen LogP contribution in [0.15, 0.2) is 30.7 Å². The van der Waals surface area contributed by atoms with E-state index in [1.807, 2.05) is 0 Å². The van der Waals surface area contributed by atoms with E-state index in [0.29, 0.717) is 11.9 Å². The van der Waals surface area contributed by atoms with E-state index in [4.69, 9.17) is 4.74 Å². The van der Waals surface area contributed by atoms with Gasteiger partial charge in [-0.3, -0.25) is 9.69 Å². The highest BCUT2D eigenvalue weighted by molar-refractivity contribution is 7.10. The molecule has 0 bridgehead atoms. The quantitative estimate of drug-likeness (QED) is 0.381. The highest BCUT2D eigenvalue weighted by Crippen LogP contribution is 2.30. The van der Waals surface area contributed by atoms with Crippen molar-refractivity contribution >= 4 is 33.9 Å². The molecule has 9 nitrogen and oxygen atoms in total. The number of ether oxygens (including phenoxy) is 1. The van der Waals surface area contributed by atoms with Crippen LogP contribution < -0.4 is 15.4 Å². The fraction of sp³-hybridized carbons (Fsp3) is 0.409. The Labute approximate surface area is 216 Å². The molecule has 204 valence electrons. The Morgan fingerprint density at radius 1 is 1.21 bits per heavy atom. The van der Waals surface area contributed by atoms with Gasteiger partial charge in [0, 0.05) is 25.6 Å². The second kappa shape index (κ2) is 11.5. The Hall–Kier alpha value is -3.53. The maximum atomic E-state index is 14.4. The molecule has 0 saturated carbocycles. The predicted molar refractivity (Wildman–Crippen MR) is 126 cm³/mol. The maximum absolute atomic E-state index is 14.4. The van der Waals surface area contributed by atoms with Crippen molar-refractivity contribution in [1.29, 1.82) is 0 Å². The highest BCUT2D eigenvalue weighted by atomic mass is 32.1. The third-order valence-electron chi connectivity index (χ3n) is 5.50. The smallest absolute Gasteiger partial charge is 0.434 e. The first-order valence-electron chi connectivity index (χ1n) is 11.2. The number of nitrogens with one attached hydrogen (secondary N) is 2. The minimum atomic E-state index is -4.63. The SMILES string of the molecule is Cc1nsc(Nc2cnc(C(F)(F)F)cn2)c1C(=O)Nc1ccc(O[C@H]2CCN(CC(F)F)C[C@@H]2F)nc1. The number of nitrogens with zero attached hydrogens (tertiary/aromatic N) is 5. The number of hydrogen-bond donors (Lipinski definition) is 2. The van der Waals surface area contributed by atoms with Crippen molar-refractivity contribution in [3.05, 3.63) is 47.7 Å². The normalized spacial score (nSPS) is 18.4. The number of aromatic nitrogens is 4. The molecular formula is C22H21F6N7O2S. The number of aryl methyl sites for hydroxylation is 1. The Balaban J connectivity index is 1.36. The molecule has 0 spiro atoms. The Bertz CT molecular complexity index is 1240. The standard InChI is InChI=1S/C22H21F6N7O2S/c1-11-19(21(38-34-11)33-17-8-29-15(7-30-17)22(26,27)28)20(36)32-12-2-3-18(31-6-12)37-14-4-5-35(9-13(14)23)10-16(24)25/h2-3,6-8,13-14,16H,4-5,9-10H2,1H3,(H,30,33)(H,32,36)/t13-,14-/m0/s1. The molecule has 4 rings (SSSR count). The lowest BCUT2D eigenvalue weighted by Gasteiger charge is -2.34. The van der Waals surface area contributed by atoms with Crippen molar-refractivity contribution in [3.8, 4) is 5.88 Å². The first-order chi connectivity index (χ1) is 18.0. The number of anilines is 3. The molecule has 3 aromatic rings. The molecule has 1 fully saturated rings. The summed E-state index contributed by atoms with van der Waals surface area (Å²) in [4.78, 5) is 25.3. The van der Waals surface area contributed by atoms with Crippen LogP contribution in [-0.4, -0.2) is 68.5 Å². The van der Waals surface area contributed by atoms with E-state index in [1.54, 1.807) is 6.92 Å². The number of halogens is 6. The molecule has 0 unspecified atom stereocenters. The van der Waals surface area contributed by atoms with Crippen molar-refractivity contribution in [2.75, 3.05) is 30.3 Å². The third kappa shape index (κ3) is 6.86. The van der Waals surface area contributed by atoms with E-state index >= 15 is 0 Å². The number of alkyl halides is 6. The van der Waals surface area contributed by atoms with Gasteiger partial charge in [0.2, 0.25) is 5.88 Å². The van der Waals surface area contributed by atoms with Crippen LogP contribution >= 0.6 is 11.5 Å². The van der Waals surface area contributed by atoms with Gasteiger partial charge in [-0.25, -0.2) is 28.1 Å². The summed E-state index contributed by atoms with van der Waals surface area (Å²) >= 11 is 0.917. The molecule has 2 atom stereocenters. The van der Waals surface area contributed by atoms with E-state index in [-0.39, 0.29) is 47.5 Å². The summed E-state index contributed by atoms with van der Waals surface area (Å²) in [6.45, 7) is 1.20. The second-order valence-corrected chi connectivity index (χ2v) is 9.11. The van der Waals surface area contributed by atoms with Crippen molar-refractivity contribution in [2.24, 2.45) is 0 Å². The predicted octanol–water partition coefficient (Wildman–Crippen LogP) is 4.71. The van der Waals surface area contributed by atoms with Gasteiger partial charge in [0.05, 0.1) is 42.1 Å². The fourth-order valence-electron chi connectivity index (χ4n) is 3.69. The van der Waals surface area contributed by atoms with Crippen LogP contribution in [0.3, 0.4) is 0 Å². The third-order valence-corrected chi connectivity index (χ3v) is 6.36. The number of pyridine rings is 1. The van der Waals surface area contributed by atoms with Gasteiger partial charge >= 0.3 is 6.18 Å². The summed E-state index contributed by atoms with van der Waals surface area (Å²) in [6.07, 6.45) is -6.48. The topological polar surface area (TPSA) is 105 Å². The molecule has 16 heteroatoms. The zero-order chi connectivity index (χ0) is 27.4. The fourth-order valence-corrected chi connectivity index (χ4v) is 4.49. The first kappa shape index (κ1) is 27.5. The number of likely N-dealkylation sites (tertiary alicyclic amines) is 1. The number of carbonyl (C=O) groups is 1. The first-order valence-corrected chi connectivity index (χ1v) is 12.0. The Morgan fingerprint density at radius 2 is 2.00 bits per heavy atom. The van der Waals surface area contributed by atoms with Crippen molar-refractivity contribution in [2.45, 2.75) is 38.2 Å². The van der Waals surface area contributed by atoms with Crippen LogP contribution in [0.5, 0.6) is 5.88 Å². The van der Waals surface area contributed by atoms with Crippen molar-refractivity contribution in [1.82, 2.24) is 24.2 Å². The number of amides is 1. The summed E-state index contributed by atoms with van der Waals surface area (Å²) in [6, 6.07) is 2.92. The van der Waals surface area contributed by atoms with Crippen molar-refractivity contribution < 1.29 is 35.9 Å². The lowest BCUT2D eigenvalue weighted by Crippen LogP contribution is -2.48. The highest BCUT2D eigenvalue weighted by Gasteiger charge is 2.33. The molecule has 1 saturated heterocycles. The lowest BCUT2D eigenvalue weighted by atomic mass is 10.1. The molecule has 2 N–H and O–H groups in total. The van der Waals surface area contributed by atoms with E-state index in [0.717, 1.165) is 17.7 Å². The van der Waals surface area contributed by atoms with Gasteiger partial charge in [0.1, 0.15) is 23.1 Å². The average molecular weight is 562 g/mol. The number of carbonyl (C=O) groups excluding carboxylic acids is 1. The van der Waals surface area contributed by atoms with Crippen LogP contribution in [0.1, 0.15) is 28.2 Å². The van der Waals surface area contributed by atoms with E-state index in [2.05, 4.69) is 30.0 Å². The number of piperidine rings is 1. The molecule has 1 aliphatic rings. The minimum absolute atomic E-state index is 0.00919. The summed E-state index contributed by atoms with van der Waals surface area (Å²) in [5.41, 5.74) is -0.347. The van der Waals surface area contributed by atoms with Crippen LogP contribution in [0.2, 0.25) is 0 Å². The molecular weight excluding hydrogens is 540 g/mol. The summed E-state index contributed by atoms with van der Waals surface area (Å²) in [7, 11) is 0. The molecule has 4 heterocycles. The molecule has 0 aromatic carbocycles. The molecule has 0 radical (unpaired) electrons.